The maximum Gasteiger partial charge on any atom is 0.306 e. The van der Waals surface area contributed by atoms with Crippen molar-refractivity contribution in [3.63, 3.8) is 0 Å². The Morgan fingerprint density at radius 3 is 0.806 bits per heavy atom. The third kappa shape index (κ3) is 49.2. The Morgan fingerprint density at radius 1 is 0.306 bits per heavy atom. The summed E-state index contributed by atoms with van der Waals surface area (Å²) in [5.74, 6) is -0.847. The Hall–Kier alpha value is -1.85. The van der Waals surface area contributed by atoms with Gasteiger partial charge in [-0.3, -0.25) is 14.4 Å². The van der Waals surface area contributed by atoms with Crippen LogP contribution in [0.15, 0.2) is 12.2 Å². The van der Waals surface area contributed by atoms with Crippen LogP contribution in [0.4, 0.5) is 0 Å². The molecule has 0 saturated carbocycles. The summed E-state index contributed by atoms with van der Waals surface area (Å²) in [7, 11) is 0. The van der Waals surface area contributed by atoms with Crippen LogP contribution < -0.4 is 0 Å². The molecule has 0 aromatic rings. The molecule has 0 aliphatic carbocycles. The zero-order valence-electron chi connectivity index (χ0n) is 41.9. The Labute approximate surface area is 386 Å². The van der Waals surface area contributed by atoms with Gasteiger partial charge in [-0.2, -0.15) is 0 Å². The first-order valence-corrected chi connectivity index (χ1v) is 27.7. The summed E-state index contributed by atoms with van der Waals surface area (Å²) >= 11 is 0. The summed E-state index contributed by atoms with van der Waals surface area (Å²) in [4.78, 5) is 38.0. The fourth-order valence-corrected chi connectivity index (χ4v) is 8.32. The zero-order valence-corrected chi connectivity index (χ0v) is 41.9. The van der Waals surface area contributed by atoms with Gasteiger partial charge in [-0.05, 0) is 44.9 Å². The summed E-state index contributed by atoms with van der Waals surface area (Å²) < 4.78 is 16.8. The van der Waals surface area contributed by atoms with Crippen LogP contribution in [-0.4, -0.2) is 37.2 Å². The second kappa shape index (κ2) is 51.8. The van der Waals surface area contributed by atoms with Crippen molar-refractivity contribution in [3.05, 3.63) is 12.2 Å². The average molecular weight is 875 g/mol. The molecule has 0 aromatic carbocycles. The molecule has 0 radical (unpaired) electrons. The van der Waals surface area contributed by atoms with Crippen molar-refractivity contribution in [1.29, 1.82) is 0 Å². The second-order valence-corrected chi connectivity index (χ2v) is 18.9. The van der Waals surface area contributed by atoms with E-state index in [-0.39, 0.29) is 31.1 Å². The van der Waals surface area contributed by atoms with Gasteiger partial charge in [0.2, 0.25) is 0 Å². The molecule has 0 aromatic heterocycles. The number of unbranched alkanes of at least 4 members (excludes halogenated alkanes) is 38. The van der Waals surface area contributed by atoms with E-state index in [0.29, 0.717) is 19.3 Å². The van der Waals surface area contributed by atoms with Crippen molar-refractivity contribution in [2.24, 2.45) is 0 Å². The van der Waals surface area contributed by atoms with Gasteiger partial charge in [-0.25, -0.2) is 0 Å². The highest BCUT2D eigenvalue weighted by Crippen LogP contribution is 2.17. The largest absolute Gasteiger partial charge is 0.462 e. The van der Waals surface area contributed by atoms with Crippen LogP contribution in [0.5, 0.6) is 0 Å². The minimum atomic E-state index is -0.762. The van der Waals surface area contributed by atoms with Gasteiger partial charge in [-0.1, -0.05) is 258 Å². The van der Waals surface area contributed by atoms with Crippen molar-refractivity contribution in [3.8, 4) is 0 Å². The van der Waals surface area contributed by atoms with Gasteiger partial charge in [0.1, 0.15) is 13.2 Å². The van der Waals surface area contributed by atoms with Crippen molar-refractivity contribution in [2.75, 3.05) is 13.2 Å². The molecule has 6 nitrogen and oxygen atoms in total. The molecule has 0 rings (SSSR count). The summed E-state index contributed by atoms with van der Waals surface area (Å²) in [5.41, 5.74) is 0. The molecule has 62 heavy (non-hydrogen) atoms. The lowest BCUT2D eigenvalue weighted by Gasteiger charge is -2.18. The molecule has 0 amide bonds. The summed E-state index contributed by atoms with van der Waals surface area (Å²) in [6.45, 7) is 6.67. The molecule has 0 fully saturated rings. The third-order valence-corrected chi connectivity index (χ3v) is 12.5. The predicted molar refractivity (Wildman–Crippen MR) is 266 cm³/mol. The Bertz CT molecular complexity index is 962. The first kappa shape index (κ1) is 60.2. The quantitative estimate of drug-likeness (QED) is 0.0262. The molecule has 0 spiro atoms. The molecule has 0 bridgehead atoms. The molecule has 0 aliphatic heterocycles. The third-order valence-electron chi connectivity index (χ3n) is 12.5. The van der Waals surface area contributed by atoms with E-state index in [9.17, 15) is 14.4 Å². The molecule has 6 heteroatoms. The first-order chi connectivity index (χ1) is 30.5. The SMILES string of the molecule is CCCCCCCC/C=C\CCCCCCCCCCCCCC(=O)OC[C@H](COC(=O)CCCCCCCCCCCCC)OC(=O)CCCCCCCCCCCCCC. The number of hydrogen-bond donors (Lipinski definition) is 0. The van der Waals surface area contributed by atoms with Gasteiger partial charge in [0, 0.05) is 19.3 Å². The van der Waals surface area contributed by atoms with E-state index in [0.717, 1.165) is 57.8 Å². The highest BCUT2D eigenvalue weighted by atomic mass is 16.6. The fourth-order valence-electron chi connectivity index (χ4n) is 8.32. The molecule has 0 aliphatic rings. The maximum absolute atomic E-state index is 12.8. The molecule has 1 atom stereocenters. The Balaban J connectivity index is 4.22. The summed E-state index contributed by atoms with van der Waals surface area (Å²) in [6.07, 6.45) is 57.7. The molecule has 0 unspecified atom stereocenters. The van der Waals surface area contributed by atoms with Crippen LogP contribution in [0, 0.1) is 0 Å². The van der Waals surface area contributed by atoms with Gasteiger partial charge in [-0.15, -0.1) is 0 Å². The van der Waals surface area contributed by atoms with Crippen LogP contribution in [-0.2, 0) is 28.6 Å². The molecular formula is C56H106O6. The molecule has 0 heterocycles. The molecular weight excluding hydrogens is 769 g/mol. The van der Waals surface area contributed by atoms with Gasteiger partial charge in [0.25, 0.3) is 0 Å². The molecule has 0 saturated heterocycles. The average Bonchev–Trinajstić information content (AvgIpc) is 3.27. The number of esters is 3. The maximum atomic E-state index is 12.8. The molecule has 0 N–H and O–H groups in total. The second-order valence-electron chi connectivity index (χ2n) is 18.9. The number of carbonyl (C=O) groups is 3. The van der Waals surface area contributed by atoms with Crippen molar-refractivity contribution in [2.45, 2.75) is 316 Å². The normalized spacial score (nSPS) is 12.0. The van der Waals surface area contributed by atoms with E-state index >= 15 is 0 Å². The van der Waals surface area contributed by atoms with Gasteiger partial charge < -0.3 is 14.2 Å². The van der Waals surface area contributed by atoms with Crippen LogP contribution in [0.3, 0.4) is 0 Å². The lowest BCUT2D eigenvalue weighted by Crippen LogP contribution is -2.30. The minimum absolute atomic E-state index is 0.0645. The van der Waals surface area contributed by atoms with E-state index in [1.54, 1.807) is 0 Å². The predicted octanol–water partition coefficient (Wildman–Crippen LogP) is 18.2. The zero-order chi connectivity index (χ0) is 45.1. The summed E-state index contributed by atoms with van der Waals surface area (Å²) in [6, 6.07) is 0. The lowest BCUT2D eigenvalue weighted by atomic mass is 10.0. The molecule has 366 valence electrons. The van der Waals surface area contributed by atoms with Gasteiger partial charge >= 0.3 is 17.9 Å². The number of carbonyl (C=O) groups excluding carboxylic acids is 3. The van der Waals surface area contributed by atoms with E-state index in [1.807, 2.05) is 0 Å². The number of rotatable bonds is 51. The van der Waals surface area contributed by atoms with Crippen LogP contribution in [0.1, 0.15) is 310 Å². The van der Waals surface area contributed by atoms with Crippen LogP contribution in [0.2, 0.25) is 0 Å². The highest BCUT2D eigenvalue weighted by Gasteiger charge is 2.19. The van der Waals surface area contributed by atoms with Crippen molar-refractivity contribution < 1.29 is 28.6 Å². The van der Waals surface area contributed by atoms with Crippen LogP contribution >= 0.6 is 0 Å². The monoisotopic (exact) mass is 875 g/mol. The van der Waals surface area contributed by atoms with E-state index in [2.05, 4.69) is 32.9 Å². The fraction of sp³-hybridized carbons (Fsp3) is 0.911. The smallest absolute Gasteiger partial charge is 0.306 e. The first-order valence-electron chi connectivity index (χ1n) is 27.7. The standard InChI is InChI=1S/C56H106O6/c1-4-7-10-13-16-19-22-24-25-26-27-28-29-30-31-32-35-37-40-43-46-49-55(58)61-52-53(51-60-54(57)48-45-42-39-36-33-21-18-15-12-9-6-3)62-56(59)50-47-44-41-38-34-23-20-17-14-11-8-5-2/h24-25,53H,4-23,26-52H2,1-3H3/b25-24-/t53-/m0/s1. The Morgan fingerprint density at radius 2 is 0.532 bits per heavy atom. The highest BCUT2D eigenvalue weighted by molar-refractivity contribution is 5.71. The Kier molecular flexibility index (Phi) is 50.2. The van der Waals surface area contributed by atoms with Gasteiger partial charge in [0.05, 0.1) is 0 Å². The van der Waals surface area contributed by atoms with Crippen LogP contribution in [0.25, 0.3) is 0 Å². The van der Waals surface area contributed by atoms with Crippen molar-refractivity contribution in [1.82, 2.24) is 0 Å². The van der Waals surface area contributed by atoms with E-state index in [1.165, 1.54) is 212 Å². The van der Waals surface area contributed by atoms with Gasteiger partial charge in [0.15, 0.2) is 6.10 Å². The number of allylic oxidation sites excluding steroid dienone is 2. The van der Waals surface area contributed by atoms with E-state index < -0.39 is 6.10 Å². The number of hydrogen-bond acceptors (Lipinski definition) is 6. The van der Waals surface area contributed by atoms with E-state index in [4.69, 9.17) is 14.2 Å². The topological polar surface area (TPSA) is 78.9 Å². The van der Waals surface area contributed by atoms with Crippen molar-refractivity contribution >= 4 is 17.9 Å². The summed E-state index contributed by atoms with van der Waals surface area (Å²) in [5, 5.41) is 0. The lowest BCUT2D eigenvalue weighted by molar-refractivity contribution is -0.167. The minimum Gasteiger partial charge on any atom is -0.462 e. The number of ether oxygens (including phenoxy) is 3.